The highest BCUT2D eigenvalue weighted by atomic mass is 16.6. The number of hydrogen-bond donors (Lipinski definition) is 5. The van der Waals surface area contributed by atoms with Crippen molar-refractivity contribution < 1.29 is 25.2 Å². The Morgan fingerprint density at radius 3 is 1.86 bits per heavy atom. The van der Waals surface area contributed by atoms with E-state index in [9.17, 15) is 20.4 Å². The zero-order valence-electron chi connectivity index (χ0n) is 16.4. The van der Waals surface area contributed by atoms with E-state index in [0.29, 0.717) is 0 Å². The topological polar surface area (TPSA) is 132 Å². The first-order chi connectivity index (χ1) is 13.8. The molecule has 8 heteroatoms. The van der Waals surface area contributed by atoms with E-state index in [0.717, 1.165) is 22.5 Å². The number of nitrogens with two attached hydrogens (primary N) is 1. The summed E-state index contributed by atoms with van der Waals surface area (Å²) in [5.74, 6) is 0.0130. The molecule has 8 nitrogen and oxygen atoms in total. The number of aryl methyl sites for hydroxylation is 2. The second-order valence-electron chi connectivity index (χ2n) is 7.21. The summed E-state index contributed by atoms with van der Waals surface area (Å²) in [5, 5.41) is 39.9. The Balaban J connectivity index is 1.98. The number of ether oxygens (including phenoxy) is 1. The molecule has 29 heavy (non-hydrogen) atoms. The molecule has 0 aliphatic carbocycles. The smallest absolute Gasteiger partial charge is 0.201 e. The Hall–Kier alpha value is -2.49. The second-order valence-corrected chi connectivity index (χ2v) is 7.21. The fourth-order valence-corrected chi connectivity index (χ4v) is 3.23. The van der Waals surface area contributed by atoms with Gasteiger partial charge in [0, 0.05) is 11.4 Å². The summed E-state index contributed by atoms with van der Waals surface area (Å²) in [6.07, 6.45) is -5.48. The molecule has 1 fully saturated rings. The van der Waals surface area contributed by atoms with Gasteiger partial charge in [0.2, 0.25) is 5.96 Å². The number of aliphatic imine (C=N–C) groups is 1. The van der Waals surface area contributed by atoms with Crippen molar-refractivity contribution in [1.29, 1.82) is 0 Å². The molecule has 1 aliphatic heterocycles. The van der Waals surface area contributed by atoms with E-state index in [2.05, 4.69) is 4.99 Å². The van der Waals surface area contributed by atoms with Crippen molar-refractivity contribution in [2.45, 2.75) is 44.5 Å². The lowest BCUT2D eigenvalue weighted by Crippen LogP contribution is -2.58. The quantitative estimate of drug-likeness (QED) is 0.373. The van der Waals surface area contributed by atoms with Crippen molar-refractivity contribution in [3.05, 3.63) is 59.7 Å². The standard InChI is InChI=1S/C21H27N3O5/c1-12-3-7-14(8-4-12)24(15-9-5-13(2)6-10-15)21(22)23-17-19(27)18(26)16(11-25)29-20(17)28/h3-10,16-20,25-28H,11H2,1-2H3,(H2,22,23)/t16-,17-,18-,19-,20-/m1/s1. The van der Waals surface area contributed by atoms with Crippen LogP contribution in [0.25, 0.3) is 0 Å². The van der Waals surface area contributed by atoms with E-state index >= 15 is 0 Å². The Morgan fingerprint density at radius 2 is 1.41 bits per heavy atom. The van der Waals surface area contributed by atoms with Crippen LogP contribution < -0.4 is 10.6 Å². The molecule has 1 heterocycles. The number of aliphatic hydroxyl groups is 4. The van der Waals surface area contributed by atoms with Gasteiger partial charge < -0.3 is 30.9 Å². The van der Waals surface area contributed by atoms with E-state index in [1.807, 2.05) is 62.4 Å². The minimum absolute atomic E-state index is 0.0130. The fraction of sp³-hybridized carbons (Fsp3) is 0.381. The number of rotatable bonds is 4. The minimum Gasteiger partial charge on any atom is -0.394 e. The van der Waals surface area contributed by atoms with Crippen LogP contribution in [-0.2, 0) is 4.74 Å². The van der Waals surface area contributed by atoms with Gasteiger partial charge in [0.25, 0.3) is 0 Å². The molecule has 1 saturated heterocycles. The van der Waals surface area contributed by atoms with Crippen LogP contribution in [0.1, 0.15) is 11.1 Å². The molecular weight excluding hydrogens is 374 g/mol. The molecule has 0 aromatic heterocycles. The number of guanidine groups is 1. The van der Waals surface area contributed by atoms with Crippen molar-refractivity contribution in [2.24, 2.45) is 10.7 Å². The molecule has 1 aliphatic rings. The molecule has 0 spiro atoms. The van der Waals surface area contributed by atoms with Gasteiger partial charge in [-0.15, -0.1) is 0 Å². The van der Waals surface area contributed by atoms with Gasteiger partial charge >= 0.3 is 0 Å². The Morgan fingerprint density at radius 1 is 0.931 bits per heavy atom. The molecule has 0 amide bonds. The predicted octanol–water partition coefficient (Wildman–Crippen LogP) is 0.556. The van der Waals surface area contributed by atoms with Crippen LogP contribution in [0.2, 0.25) is 0 Å². The van der Waals surface area contributed by atoms with E-state index in [-0.39, 0.29) is 5.96 Å². The molecule has 156 valence electrons. The maximum Gasteiger partial charge on any atom is 0.201 e. The van der Waals surface area contributed by atoms with E-state index in [1.165, 1.54) is 0 Å². The maximum atomic E-state index is 10.4. The highest BCUT2D eigenvalue weighted by Crippen LogP contribution is 2.28. The van der Waals surface area contributed by atoms with Gasteiger partial charge in [0.1, 0.15) is 24.4 Å². The van der Waals surface area contributed by atoms with Gasteiger partial charge in [0.15, 0.2) is 6.29 Å². The third-order valence-electron chi connectivity index (χ3n) is 4.96. The third kappa shape index (κ3) is 4.58. The van der Waals surface area contributed by atoms with Crippen molar-refractivity contribution >= 4 is 17.3 Å². The van der Waals surface area contributed by atoms with Crippen molar-refractivity contribution in [1.82, 2.24) is 0 Å². The zero-order chi connectivity index (χ0) is 21.1. The molecule has 5 atom stereocenters. The van der Waals surface area contributed by atoms with Crippen LogP contribution in [0.15, 0.2) is 53.5 Å². The first-order valence-electron chi connectivity index (χ1n) is 9.39. The van der Waals surface area contributed by atoms with Crippen molar-refractivity contribution in [3.8, 4) is 0 Å². The Labute approximate surface area is 169 Å². The fourth-order valence-electron chi connectivity index (χ4n) is 3.23. The summed E-state index contributed by atoms with van der Waals surface area (Å²) < 4.78 is 5.17. The number of anilines is 2. The first kappa shape index (κ1) is 21.2. The lowest BCUT2D eigenvalue weighted by Gasteiger charge is -2.38. The van der Waals surface area contributed by atoms with Gasteiger partial charge in [0.05, 0.1) is 6.61 Å². The van der Waals surface area contributed by atoms with Crippen LogP contribution >= 0.6 is 0 Å². The number of benzene rings is 2. The normalized spacial score (nSPS) is 27.7. The first-order valence-corrected chi connectivity index (χ1v) is 9.39. The highest BCUT2D eigenvalue weighted by Gasteiger charge is 2.44. The van der Waals surface area contributed by atoms with Crippen LogP contribution in [0, 0.1) is 13.8 Å². The summed E-state index contributed by atoms with van der Waals surface area (Å²) in [6, 6.07) is 14.1. The van der Waals surface area contributed by atoms with Crippen LogP contribution in [0.5, 0.6) is 0 Å². The average molecular weight is 401 g/mol. The Kier molecular flexibility index (Phi) is 6.51. The zero-order valence-corrected chi connectivity index (χ0v) is 16.4. The molecule has 6 N–H and O–H groups in total. The minimum atomic E-state index is -1.53. The lowest BCUT2D eigenvalue weighted by atomic mass is 9.97. The average Bonchev–Trinajstić information content (AvgIpc) is 2.71. The van der Waals surface area contributed by atoms with Crippen molar-refractivity contribution in [3.63, 3.8) is 0 Å². The molecule has 0 radical (unpaired) electrons. The molecule has 3 rings (SSSR count). The summed E-state index contributed by atoms with van der Waals surface area (Å²) in [5.41, 5.74) is 9.95. The predicted molar refractivity (Wildman–Crippen MR) is 110 cm³/mol. The van der Waals surface area contributed by atoms with Gasteiger partial charge in [-0.1, -0.05) is 35.4 Å². The van der Waals surface area contributed by atoms with Crippen LogP contribution in [0.3, 0.4) is 0 Å². The molecular formula is C21H27N3O5. The van der Waals surface area contributed by atoms with E-state index < -0.39 is 37.3 Å². The van der Waals surface area contributed by atoms with Gasteiger partial charge in [-0.25, -0.2) is 4.99 Å². The largest absolute Gasteiger partial charge is 0.394 e. The van der Waals surface area contributed by atoms with E-state index in [4.69, 9.17) is 10.5 Å². The molecule has 0 saturated carbocycles. The summed E-state index contributed by atoms with van der Waals surface area (Å²) in [6.45, 7) is 3.41. The monoisotopic (exact) mass is 401 g/mol. The Bertz CT molecular complexity index is 795. The summed E-state index contributed by atoms with van der Waals surface area (Å²) >= 11 is 0. The van der Waals surface area contributed by atoms with Gasteiger partial charge in [-0.05, 0) is 38.1 Å². The van der Waals surface area contributed by atoms with Gasteiger partial charge in [-0.3, -0.25) is 4.90 Å². The summed E-state index contributed by atoms with van der Waals surface area (Å²) in [7, 11) is 0. The molecule has 0 unspecified atom stereocenters. The number of hydrogen-bond acceptors (Lipinski definition) is 6. The molecule has 2 aromatic rings. The third-order valence-corrected chi connectivity index (χ3v) is 4.96. The molecule has 0 bridgehead atoms. The molecule has 2 aromatic carbocycles. The SMILES string of the molecule is Cc1ccc(N(C(N)=N[C@@H]2[C@@H](O)[C@H](O)[C@@H](CO)O[C@H]2O)c2ccc(C)cc2)cc1. The summed E-state index contributed by atoms with van der Waals surface area (Å²) in [4.78, 5) is 5.95. The highest BCUT2D eigenvalue weighted by molar-refractivity contribution is 6.01. The maximum absolute atomic E-state index is 10.4. The number of aliphatic hydroxyl groups excluding tert-OH is 4. The van der Waals surface area contributed by atoms with Crippen LogP contribution in [0.4, 0.5) is 11.4 Å². The van der Waals surface area contributed by atoms with Crippen molar-refractivity contribution in [2.75, 3.05) is 11.5 Å². The second kappa shape index (κ2) is 8.89. The number of nitrogens with zero attached hydrogens (tertiary/aromatic N) is 2. The lowest BCUT2D eigenvalue weighted by molar-refractivity contribution is -0.248. The van der Waals surface area contributed by atoms with E-state index in [1.54, 1.807) is 4.90 Å². The van der Waals surface area contributed by atoms with Crippen LogP contribution in [-0.4, -0.2) is 63.6 Å². The van der Waals surface area contributed by atoms with Gasteiger partial charge in [-0.2, -0.15) is 0 Å².